The van der Waals surface area contributed by atoms with Crippen molar-refractivity contribution in [1.82, 2.24) is 0 Å². The number of aliphatic hydroxyl groups excluding tert-OH is 2. The molecule has 4 unspecified atom stereocenters. The summed E-state index contributed by atoms with van der Waals surface area (Å²) in [6.45, 7) is 12.3. The molecule has 23 heavy (non-hydrogen) atoms. The Labute approximate surface area is 139 Å². The minimum absolute atomic E-state index is 0.00667. The predicted molar refractivity (Wildman–Crippen MR) is 87.3 cm³/mol. The van der Waals surface area contributed by atoms with Crippen molar-refractivity contribution in [3.05, 3.63) is 0 Å². The average Bonchev–Trinajstić information content (AvgIpc) is 2.49. The standard InChI is InChI=1S/C10H20O4.C6H14O3/c1-5-12-8(2)6-13-9(3)7-14-10(4)11;1-5(8)4-9-6(2)3-7/h8-9H,5-7H2,1-4H3;5-8H,3-4H2,1-2H3. The fourth-order valence-electron chi connectivity index (χ4n) is 1.27. The lowest BCUT2D eigenvalue weighted by Crippen LogP contribution is -2.24. The summed E-state index contributed by atoms with van der Waals surface area (Å²) < 4.78 is 20.4. The van der Waals surface area contributed by atoms with Crippen LogP contribution in [0.25, 0.3) is 0 Å². The molecule has 0 aliphatic carbocycles. The third-order valence-electron chi connectivity index (χ3n) is 2.47. The Morgan fingerprint density at radius 3 is 1.87 bits per heavy atom. The molecule has 0 amide bonds. The van der Waals surface area contributed by atoms with E-state index in [4.69, 9.17) is 29.2 Å². The second kappa shape index (κ2) is 16.1. The first kappa shape index (κ1) is 24.5. The van der Waals surface area contributed by atoms with Gasteiger partial charge in [-0.15, -0.1) is 0 Å². The number of carbonyl (C=O) groups excluding carboxylic acids is 1. The first-order valence-corrected chi connectivity index (χ1v) is 7.99. The molecular weight excluding hydrogens is 304 g/mol. The molecule has 0 aromatic heterocycles. The van der Waals surface area contributed by atoms with Gasteiger partial charge in [-0.05, 0) is 34.6 Å². The summed E-state index contributed by atoms with van der Waals surface area (Å²) in [5.41, 5.74) is 0. The fraction of sp³-hybridized carbons (Fsp3) is 0.938. The summed E-state index contributed by atoms with van der Waals surface area (Å²) >= 11 is 0. The van der Waals surface area contributed by atoms with Gasteiger partial charge in [0.2, 0.25) is 0 Å². The van der Waals surface area contributed by atoms with Crippen LogP contribution >= 0.6 is 0 Å². The lowest BCUT2D eigenvalue weighted by molar-refractivity contribution is -0.145. The predicted octanol–water partition coefficient (Wildman–Crippen LogP) is 1.14. The first-order valence-electron chi connectivity index (χ1n) is 7.99. The number of carbonyl (C=O) groups is 1. The van der Waals surface area contributed by atoms with Crippen LogP contribution < -0.4 is 0 Å². The second-order valence-electron chi connectivity index (χ2n) is 5.39. The van der Waals surface area contributed by atoms with Gasteiger partial charge in [-0.25, -0.2) is 0 Å². The van der Waals surface area contributed by atoms with Gasteiger partial charge in [0, 0.05) is 13.5 Å². The Hall–Kier alpha value is -0.730. The van der Waals surface area contributed by atoms with Gasteiger partial charge in [0.15, 0.2) is 0 Å². The summed E-state index contributed by atoms with van der Waals surface area (Å²) in [4.78, 5) is 10.5. The third-order valence-corrected chi connectivity index (χ3v) is 2.47. The van der Waals surface area contributed by atoms with Crippen molar-refractivity contribution in [3.8, 4) is 0 Å². The van der Waals surface area contributed by atoms with Crippen LogP contribution in [0, 0.1) is 0 Å². The van der Waals surface area contributed by atoms with E-state index in [1.165, 1.54) is 6.92 Å². The molecule has 0 radical (unpaired) electrons. The van der Waals surface area contributed by atoms with E-state index < -0.39 is 6.10 Å². The molecule has 0 saturated carbocycles. The molecule has 0 rings (SSSR count). The van der Waals surface area contributed by atoms with E-state index in [0.717, 1.165) is 0 Å². The lowest BCUT2D eigenvalue weighted by Gasteiger charge is -2.16. The molecule has 0 spiro atoms. The summed E-state index contributed by atoms with van der Waals surface area (Å²) in [7, 11) is 0. The number of esters is 1. The lowest BCUT2D eigenvalue weighted by atomic mass is 10.4. The molecule has 0 aliphatic heterocycles. The van der Waals surface area contributed by atoms with Crippen LogP contribution in [-0.2, 0) is 23.7 Å². The molecule has 0 aromatic carbocycles. The largest absolute Gasteiger partial charge is 0.463 e. The molecule has 0 aromatic rings. The Morgan fingerprint density at radius 2 is 1.43 bits per heavy atom. The van der Waals surface area contributed by atoms with Gasteiger partial charge in [0.05, 0.1) is 44.2 Å². The van der Waals surface area contributed by atoms with Crippen molar-refractivity contribution in [2.24, 2.45) is 0 Å². The Balaban J connectivity index is 0. The SMILES string of the molecule is CC(O)COC(C)CO.CCOC(C)COC(C)COC(C)=O. The maximum Gasteiger partial charge on any atom is 0.302 e. The zero-order valence-electron chi connectivity index (χ0n) is 15.3. The summed E-state index contributed by atoms with van der Waals surface area (Å²) in [6.07, 6.45) is -0.611. The van der Waals surface area contributed by atoms with Gasteiger partial charge in [-0.2, -0.15) is 0 Å². The van der Waals surface area contributed by atoms with Crippen molar-refractivity contribution in [1.29, 1.82) is 0 Å². The van der Waals surface area contributed by atoms with Crippen LogP contribution in [0.5, 0.6) is 0 Å². The molecule has 140 valence electrons. The van der Waals surface area contributed by atoms with Gasteiger partial charge in [-0.3, -0.25) is 4.79 Å². The highest BCUT2D eigenvalue weighted by Gasteiger charge is 2.07. The van der Waals surface area contributed by atoms with E-state index in [0.29, 0.717) is 26.4 Å². The minimum atomic E-state index is -0.445. The molecule has 0 heterocycles. The number of rotatable bonds is 11. The first-order chi connectivity index (χ1) is 10.7. The zero-order chi connectivity index (χ0) is 18.3. The topological polar surface area (TPSA) is 94.5 Å². The van der Waals surface area contributed by atoms with E-state index >= 15 is 0 Å². The molecule has 2 N–H and O–H groups in total. The molecular formula is C16H34O7. The molecule has 0 aliphatic rings. The van der Waals surface area contributed by atoms with E-state index in [9.17, 15) is 4.79 Å². The van der Waals surface area contributed by atoms with Gasteiger partial charge in [0.25, 0.3) is 0 Å². The van der Waals surface area contributed by atoms with Crippen molar-refractivity contribution < 1.29 is 34.0 Å². The van der Waals surface area contributed by atoms with Crippen LogP contribution in [0.15, 0.2) is 0 Å². The second-order valence-corrected chi connectivity index (χ2v) is 5.39. The van der Waals surface area contributed by atoms with Gasteiger partial charge < -0.3 is 29.2 Å². The number of ether oxygens (including phenoxy) is 4. The normalized spacial score (nSPS) is 15.8. The van der Waals surface area contributed by atoms with Crippen molar-refractivity contribution >= 4 is 5.97 Å². The van der Waals surface area contributed by atoms with Crippen molar-refractivity contribution in [2.45, 2.75) is 66.0 Å². The molecule has 4 atom stereocenters. The minimum Gasteiger partial charge on any atom is -0.463 e. The molecule has 7 heteroatoms. The van der Waals surface area contributed by atoms with Crippen molar-refractivity contribution in [2.75, 3.05) is 33.0 Å². The van der Waals surface area contributed by atoms with Gasteiger partial charge >= 0.3 is 5.97 Å². The van der Waals surface area contributed by atoms with Gasteiger partial charge in [-0.1, -0.05) is 0 Å². The highest BCUT2D eigenvalue weighted by atomic mass is 16.6. The van der Waals surface area contributed by atoms with Crippen LogP contribution in [0.1, 0.15) is 41.5 Å². The third kappa shape index (κ3) is 21.3. The summed E-state index contributed by atoms with van der Waals surface area (Å²) in [6, 6.07) is 0. The highest BCUT2D eigenvalue weighted by Crippen LogP contribution is 1.97. The number of hydrogen-bond acceptors (Lipinski definition) is 7. The van der Waals surface area contributed by atoms with E-state index in [1.54, 1.807) is 13.8 Å². The number of hydrogen-bond donors (Lipinski definition) is 2. The van der Waals surface area contributed by atoms with Crippen LogP contribution in [-0.4, -0.2) is 73.6 Å². The summed E-state index contributed by atoms with van der Waals surface area (Å²) in [5.74, 6) is -0.279. The quantitative estimate of drug-likeness (QED) is 0.546. The molecule has 0 fully saturated rings. The monoisotopic (exact) mass is 338 g/mol. The zero-order valence-corrected chi connectivity index (χ0v) is 15.3. The average molecular weight is 338 g/mol. The Bertz CT molecular complexity index is 271. The van der Waals surface area contributed by atoms with E-state index in [-0.39, 0.29) is 30.9 Å². The number of aliphatic hydroxyl groups is 2. The highest BCUT2D eigenvalue weighted by molar-refractivity contribution is 5.65. The van der Waals surface area contributed by atoms with Crippen LogP contribution in [0.3, 0.4) is 0 Å². The van der Waals surface area contributed by atoms with Gasteiger partial charge in [0.1, 0.15) is 6.61 Å². The maximum absolute atomic E-state index is 10.5. The smallest absolute Gasteiger partial charge is 0.302 e. The fourth-order valence-corrected chi connectivity index (χ4v) is 1.27. The summed E-state index contributed by atoms with van der Waals surface area (Å²) in [5, 5.41) is 17.1. The Kier molecular flexibility index (Phi) is 17.2. The molecule has 0 saturated heterocycles. The van der Waals surface area contributed by atoms with E-state index in [2.05, 4.69) is 0 Å². The van der Waals surface area contributed by atoms with Crippen molar-refractivity contribution in [3.63, 3.8) is 0 Å². The maximum atomic E-state index is 10.5. The Morgan fingerprint density at radius 1 is 0.913 bits per heavy atom. The molecule has 0 bridgehead atoms. The molecule has 7 nitrogen and oxygen atoms in total. The van der Waals surface area contributed by atoms with Crippen LogP contribution in [0.2, 0.25) is 0 Å². The van der Waals surface area contributed by atoms with E-state index in [1.807, 2.05) is 20.8 Å². The van der Waals surface area contributed by atoms with Crippen LogP contribution in [0.4, 0.5) is 0 Å².